The van der Waals surface area contributed by atoms with E-state index in [0.29, 0.717) is 21.2 Å². The summed E-state index contributed by atoms with van der Waals surface area (Å²) < 4.78 is 0. The smallest absolute Gasteiger partial charge is 0.258 e. The summed E-state index contributed by atoms with van der Waals surface area (Å²) in [7, 11) is 0. The van der Waals surface area contributed by atoms with Gasteiger partial charge in [0.05, 0.1) is 11.9 Å². The molecule has 3 nitrogen and oxygen atoms in total. The van der Waals surface area contributed by atoms with Gasteiger partial charge in [-0.25, -0.2) is 4.98 Å². The molecule has 0 unspecified atom stereocenters. The quantitative estimate of drug-likeness (QED) is 0.834. The summed E-state index contributed by atoms with van der Waals surface area (Å²) in [5.74, 6) is 0. The average molecular weight is 241 g/mol. The Labute approximate surface area is 95.7 Å². The molecule has 0 aliphatic heterocycles. The molecule has 1 heterocycles. The lowest BCUT2D eigenvalue weighted by Crippen LogP contribution is -2.08. The molecule has 1 aromatic heterocycles. The highest BCUT2D eigenvalue weighted by atomic mass is 35.5. The summed E-state index contributed by atoms with van der Waals surface area (Å²) in [5.41, 5.74) is 0.882. The van der Waals surface area contributed by atoms with Crippen molar-refractivity contribution >= 4 is 23.2 Å². The van der Waals surface area contributed by atoms with E-state index in [-0.39, 0.29) is 5.56 Å². The number of aromatic amines is 1. The fourth-order valence-electron chi connectivity index (χ4n) is 1.26. The van der Waals surface area contributed by atoms with Gasteiger partial charge in [0, 0.05) is 16.2 Å². The van der Waals surface area contributed by atoms with E-state index in [2.05, 4.69) is 9.97 Å². The maximum absolute atomic E-state index is 11.5. The largest absolute Gasteiger partial charge is 0.313 e. The number of H-pyrrole nitrogens is 1. The van der Waals surface area contributed by atoms with Gasteiger partial charge in [0.2, 0.25) is 0 Å². The Morgan fingerprint density at radius 1 is 1.13 bits per heavy atom. The maximum atomic E-state index is 11.5. The van der Waals surface area contributed by atoms with E-state index < -0.39 is 0 Å². The van der Waals surface area contributed by atoms with E-state index in [1.165, 1.54) is 12.5 Å². The summed E-state index contributed by atoms with van der Waals surface area (Å²) >= 11 is 11.7. The van der Waals surface area contributed by atoms with Crippen molar-refractivity contribution in [2.75, 3.05) is 0 Å². The van der Waals surface area contributed by atoms with Crippen LogP contribution in [0.25, 0.3) is 11.1 Å². The number of halogens is 2. The number of rotatable bonds is 1. The first-order chi connectivity index (χ1) is 7.16. The normalized spacial score (nSPS) is 10.3. The molecule has 0 fully saturated rings. The van der Waals surface area contributed by atoms with Gasteiger partial charge in [-0.1, -0.05) is 23.2 Å². The van der Waals surface area contributed by atoms with Gasteiger partial charge in [0.1, 0.15) is 0 Å². The van der Waals surface area contributed by atoms with E-state index in [1.807, 2.05) is 0 Å². The van der Waals surface area contributed by atoms with E-state index in [4.69, 9.17) is 23.2 Å². The maximum Gasteiger partial charge on any atom is 0.258 e. The minimum Gasteiger partial charge on any atom is -0.313 e. The summed E-state index contributed by atoms with van der Waals surface area (Å²) in [4.78, 5) is 17.8. The van der Waals surface area contributed by atoms with E-state index in [1.54, 1.807) is 18.2 Å². The van der Waals surface area contributed by atoms with Crippen molar-refractivity contribution in [3.63, 3.8) is 0 Å². The molecule has 0 amide bonds. The lowest BCUT2D eigenvalue weighted by Gasteiger charge is -2.01. The number of hydrogen-bond acceptors (Lipinski definition) is 2. The van der Waals surface area contributed by atoms with Crippen LogP contribution >= 0.6 is 23.2 Å². The van der Waals surface area contributed by atoms with Crippen LogP contribution in [0.15, 0.2) is 35.5 Å². The van der Waals surface area contributed by atoms with Crippen molar-refractivity contribution in [2.24, 2.45) is 0 Å². The van der Waals surface area contributed by atoms with Crippen LogP contribution in [0.2, 0.25) is 10.0 Å². The second kappa shape index (κ2) is 4.04. The molecule has 0 spiro atoms. The molecular weight excluding hydrogens is 235 g/mol. The van der Waals surface area contributed by atoms with Crippen LogP contribution in [0.5, 0.6) is 0 Å². The summed E-state index contributed by atoms with van der Waals surface area (Å²) in [6.07, 6.45) is 2.80. The summed E-state index contributed by atoms with van der Waals surface area (Å²) in [5, 5.41) is 0.974. The number of aromatic nitrogens is 2. The van der Waals surface area contributed by atoms with Crippen LogP contribution in [0, 0.1) is 0 Å². The molecule has 2 aromatic rings. The van der Waals surface area contributed by atoms with Crippen LogP contribution < -0.4 is 5.56 Å². The third-order valence-electron chi connectivity index (χ3n) is 1.89. The van der Waals surface area contributed by atoms with Crippen molar-refractivity contribution in [3.8, 4) is 11.1 Å². The van der Waals surface area contributed by atoms with E-state index in [9.17, 15) is 4.79 Å². The average Bonchev–Trinajstić information content (AvgIpc) is 2.16. The summed E-state index contributed by atoms with van der Waals surface area (Å²) in [6.45, 7) is 0. The van der Waals surface area contributed by atoms with Crippen molar-refractivity contribution in [1.29, 1.82) is 0 Å². The lowest BCUT2D eigenvalue weighted by molar-refractivity contribution is 1.12. The second-order valence-electron chi connectivity index (χ2n) is 2.95. The molecule has 76 valence electrons. The van der Waals surface area contributed by atoms with Gasteiger partial charge >= 0.3 is 0 Å². The molecule has 0 aliphatic rings. The molecule has 0 saturated heterocycles. The highest BCUT2D eigenvalue weighted by Crippen LogP contribution is 2.24. The molecule has 0 saturated carbocycles. The zero-order valence-corrected chi connectivity index (χ0v) is 9.01. The van der Waals surface area contributed by atoms with Crippen molar-refractivity contribution in [2.45, 2.75) is 0 Å². The van der Waals surface area contributed by atoms with Crippen molar-refractivity contribution in [3.05, 3.63) is 51.1 Å². The molecule has 15 heavy (non-hydrogen) atoms. The molecule has 1 aromatic carbocycles. The molecular formula is C10H6Cl2N2O. The predicted octanol–water partition coefficient (Wildman–Crippen LogP) is 2.74. The number of nitrogens with zero attached hydrogens (tertiary/aromatic N) is 1. The van der Waals surface area contributed by atoms with Crippen LogP contribution in [0.1, 0.15) is 0 Å². The van der Waals surface area contributed by atoms with Gasteiger partial charge in [-0.2, -0.15) is 0 Å². The minimum absolute atomic E-state index is 0.219. The zero-order chi connectivity index (χ0) is 10.8. The first-order valence-electron chi connectivity index (χ1n) is 4.16. The Balaban J connectivity index is 2.64. The molecule has 0 bridgehead atoms. The minimum atomic E-state index is -0.219. The highest BCUT2D eigenvalue weighted by Gasteiger charge is 2.05. The first kappa shape index (κ1) is 10.2. The Morgan fingerprint density at radius 3 is 2.40 bits per heavy atom. The topological polar surface area (TPSA) is 45.8 Å². The summed E-state index contributed by atoms with van der Waals surface area (Å²) in [6, 6.07) is 4.94. The molecule has 0 atom stereocenters. The van der Waals surface area contributed by atoms with Gasteiger partial charge in [-0.05, 0) is 23.8 Å². The standard InChI is InChI=1S/C10H6Cl2N2O/c11-7-1-6(2-8(12)3-7)9-4-13-5-14-10(9)15/h1-5H,(H,13,14,15). The fourth-order valence-corrected chi connectivity index (χ4v) is 1.79. The SMILES string of the molecule is O=c1[nH]cncc1-c1cc(Cl)cc(Cl)c1. The van der Waals surface area contributed by atoms with Gasteiger partial charge in [0.25, 0.3) is 5.56 Å². The number of nitrogens with one attached hydrogen (secondary N) is 1. The molecule has 1 N–H and O–H groups in total. The third kappa shape index (κ3) is 2.19. The number of benzene rings is 1. The first-order valence-corrected chi connectivity index (χ1v) is 4.91. The molecule has 0 aliphatic carbocycles. The third-order valence-corrected chi connectivity index (χ3v) is 2.33. The Bertz CT molecular complexity index is 531. The van der Waals surface area contributed by atoms with Crippen LogP contribution in [0.4, 0.5) is 0 Å². The Kier molecular flexibility index (Phi) is 2.75. The van der Waals surface area contributed by atoms with Crippen LogP contribution in [-0.2, 0) is 0 Å². The Morgan fingerprint density at radius 2 is 1.80 bits per heavy atom. The highest BCUT2D eigenvalue weighted by molar-refractivity contribution is 6.35. The van der Waals surface area contributed by atoms with Crippen molar-refractivity contribution in [1.82, 2.24) is 9.97 Å². The monoisotopic (exact) mass is 240 g/mol. The number of hydrogen-bond donors (Lipinski definition) is 1. The zero-order valence-electron chi connectivity index (χ0n) is 7.50. The van der Waals surface area contributed by atoms with Gasteiger partial charge in [-0.15, -0.1) is 0 Å². The predicted molar refractivity (Wildman–Crippen MR) is 60.3 cm³/mol. The second-order valence-corrected chi connectivity index (χ2v) is 3.83. The van der Waals surface area contributed by atoms with E-state index in [0.717, 1.165) is 0 Å². The van der Waals surface area contributed by atoms with Gasteiger partial charge in [0.15, 0.2) is 0 Å². The van der Waals surface area contributed by atoms with Crippen LogP contribution in [-0.4, -0.2) is 9.97 Å². The van der Waals surface area contributed by atoms with Gasteiger partial charge in [-0.3, -0.25) is 4.79 Å². The molecule has 0 radical (unpaired) electrons. The Hall–Kier alpha value is -1.32. The lowest BCUT2D eigenvalue weighted by atomic mass is 10.1. The van der Waals surface area contributed by atoms with Crippen LogP contribution in [0.3, 0.4) is 0 Å². The van der Waals surface area contributed by atoms with Crippen molar-refractivity contribution < 1.29 is 0 Å². The van der Waals surface area contributed by atoms with Gasteiger partial charge < -0.3 is 4.98 Å². The fraction of sp³-hybridized carbons (Fsp3) is 0. The van der Waals surface area contributed by atoms with E-state index >= 15 is 0 Å². The molecule has 2 rings (SSSR count). The molecule has 5 heteroatoms.